The van der Waals surface area contributed by atoms with Crippen LogP contribution in [0, 0.1) is 24.1 Å². The van der Waals surface area contributed by atoms with Gasteiger partial charge in [-0.05, 0) is 12.5 Å². The molecular weight excluding hydrogens is 189 g/mol. The lowest BCUT2D eigenvalue weighted by atomic mass is 10.1. The molecule has 1 aromatic carbocycles. The number of hydrogen-bond donors (Lipinski definition) is 0. The largest absolute Gasteiger partial charge is 0.206 e. The van der Waals surface area contributed by atoms with Crippen LogP contribution >= 0.6 is 11.6 Å². The second kappa shape index (κ2) is 4.06. The van der Waals surface area contributed by atoms with Gasteiger partial charge in [-0.2, -0.15) is 5.26 Å². The topological polar surface area (TPSA) is 23.8 Å². The van der Waals surface area contributed by atoms with Crippen molar-refractivity contribution in [2.45, 2.75) is 6.92 Å². The summed E-state index contributed by atoms with van der Waals surface area (Å²) >= 11 is 5.68. The van der Waals surface area contributed by atoms with Gasteiger partial charge in [0.2, 0.25) is 0 Å². The fourth-order valence-corrected chi connectivity index (χ4v) is 1.16. The van der Waals surface area contributed by atoms with Gasteiger partial charge in [0.25, 0.3) is 0 Å². The molecule has 0 aromatic heterocycles. The Bertz CT molecular complexity index is 390. The molecule has 0 unspecified atom stereocenters. The third-order valence-electron chi connectivity index (χ3n) is 1.64. The zero-order chi connectivity index (χ0) is 9.84. The van der Waals surface area contributed by atoms with Crippen LogP contribution in [0.4, 0.5) is 4.39 Å². The summed E-state index contributed by atoms with van der Waals surface area (Å²) in [4.78, 5) is 0. The Kier molecular flexibility index (Phi) is 3.05. The van der Waals surface area contributed by atoms with Crippen molar-refractivity contribution < 1.29 is 4.39 Å². The summed E-state index contributed by atoms with van der Waals surface area (Å²) < 4.78 is 13.3. The van der Waals surface area contributed by atoms with E-state index in [2.05, 4.69) is 0 Å². The smallest absolute Gasteiger partial charge is 0.134 e. The number of allylic oxidation sites excluding steroid dienone is 1. The Morgan fingerprint density at radius 3 is 2.92 bits per heavy atom. The van der Waals surface area contributed by atoms with E-state index in [0.717, 1.165) is 6.08 Å². The van der Waals surface area contributed by atoms with Gasteiger partial charge < -0.3 is 0 Å². The summed E-state index contributed by atoms with van der Waals surface area (Å²) in [5.74, 6) is -0.376. The summed E-state index contributed by atoms with van der Waals surface area (Å²) in [5.41, 5.74) is 0.783. The number of nitriles is 1. The predicted molar refractivity (Wildman–Crippen MR) is 50.6 cm³/mol. The van der Waals surface area contributed by atoms with Crippen LogP contribution in [0.5, 0.6) is 0 Å². The highest BCUT2D eigenvalue weighted by Crippen LogP contribution is 2.23. The molecule has 13 heavy (non-hydrogen) atoms. The molecule has 0 aliphatic rings. The van der Waals surface area contributed by atoms with Crippen LogP contribution in [-0.4, -0.2) is 0 Å². The highest BCUT2D eigenvalue weighted by molar-refractivity contribution is 6.49. The normalized spacial score (nSPS) is 11.1. The average Bonchev–Trinajstić information content (AvgIpc) is 2.10. The van der Waals surface area contributed by atoms with Crippen LogP contribution in [0.1, 0.15) is 11.1 Å². The minimum absolute atomic E-state index is 0.128. The molecule has 1 aromatic rings. The molecule has 0 bridgehead atoms. The van der Waals surface area contributed by atoms with E-state index in [9.17, 15) is 4.39 Å². The fraction of sp³-hybridized carbons (Fsp3) is 0.100. The minimum Gasteiger partial charge on any atom is -0.206 e. The molecule has 0 atom stereocenters. The van der Waals surface area contributed by atoms with Gasteiger partial charge in [0.1, 0.15) is 5.82 Å². The predicted octanol–water partition coefficient (Wildman–Crippen LogP) is 3.24. The maximum Gasteiger partial charge on any atom is 0.134 e. The van der Waals surface area contributed by atoms with E-state index >= 15 is 0 Å². The minimum atomic E-state index is -0.376. The van der Waals surface area contributed by atoms with E-state index in [-0.39, 0.29) is 16.4 Å². The monoisotopic (exact) mass is 195 g/mol. The van der Waals surface area contributed by atoms with E-state index in [4.69, 9.17) is 16.9 Å². The quantitative estimate of drug-likeness (QED) is 0.631. The van der Waals surface area contributed by atoms with Gasteiger partial charge in [-0.15, -0.1) is 0 Å². The van der Waals surface area contributed by atoms with Crippen molar-refractivity contribution in [3.63, 3.8) is 0 Å². The summed E-state index contributed by atoms with van der Waals surface area (Å²) in [5, 5.41) is 8.45. The van der Waals surface area contributed by atoms with E-state index in [1.165, 1.54) is 0 Å². The van der Waals surface area contributed by atoms with Crippen LogP contribution in [0.3, 0.4) is 0 Å². The van der Waals surface area contributed by atoms with Crippen molar-refractivity contribution in [1.29, 1.82) is 5.26 Å². The van der Waals surface area contributed by atoms with Crippen LogP contribution in [0.2, 0.25) is 0 Å². The van der Waals surface area contributed by atoms with E-state index in [1.807, 2.05) is 0 Å². The third-order valence-corrected chi connectivity index (χ3v) is 1.95. The van der Waals surface area contributed by atoms with E-state index in [0.29, 0.717) is 5.56 Å². The lowest BCUT2D eigenvalue weighted by Crippen LogP contribution is -1.88. The van der Waals surface area contributed by atoms with Crippen molar-refractivity contribution >= 4 is 16.6 Å². The van der Waals surface area contributed by atoms with Crippen molar-refractivity contribution in [3.8, 4) is 6.07 Å². The molecule has 0 heterocycles. The zero-order valence-electron chi connectivity index (χ0n) is 7.01. The summed E-state index contributed by atoms with van der Waals surface area (Å²) in [6.45, 7) is 1.65. The highest BCUT2D eigenvalue weighted by atomic mass is 35.5. The molecule has 0 N–H and O–H groups in total. The van der Waals surface area contributed by atoms with Crippen molar-refractivity contribution in [2.24, 2.45) is 0 Å². The Hall–Kier alpha value is -1.33. The Labute approximate surface area is 81.1 Å². The zero-order valence-corrected chi connectivity index (χ0v) is 7.77. The van der Waals surface area contributed by atoms with Crippen LogP contribution in [0.25, 0.3) is 5.03 Å². The highest BCUT2D eigenvalue weighted by Gasteiger charge is 2.06. The fourth-order valence-electron chi connectivity index (χ4n) is 0.966. The van der Waals surface area contributed by atoms with E-state index < -0.39 is 0 Å². The standard InChI is InChI=1S/C10H7ClFN/c1-7-3-2-4-8(10(7)12)9(11)5-6-13/h2-5H,1H3/b9-5-. The summed E-state index contributed by atoms with van der Waals surface area (Å²) in [6.07, 6.45) is 1.11. The molecule has 3 heteroatoms. The first-order chi connectivity index (χ1) is 6.16. The Morgan fingerprint density at radius 2 is 2.31 bits per heavy atom. The second-order valence-electron chi connectivity index (χ2n) is 2.56. The molecule has 0 aliphatic heterocycles. The lowest BCUT2D eigenvalue weighted by Gasteiger charge is -2.02. The van der Waals surface area contributed by atoms with E-state index in [1.54, 1.807) is 31.2 Å². The summed E-state index contributed by atoms with van der Waals surface area (Å²) in [6, 6.07) is 6.64. The van der Waals surface area contributed by atoms with Crippen LogP contribution in [-0.2, 0) is 0 Å². The molecule has 0 fully saturated rings. The number of halogens is 2. The molecule has 0 spiro atoms. The third kappa shape index (κ3) is 2.07. The summed E-state index contributed by atoms with van der Waals surface area (Å²) in [7, 11) is 0. The van der Waals surface area contributed by atoms with Crippen LogP contribution in [0.15, 0.2) is 24.3 Å². The lowest BCUT2D eigenvalue weighted by molar-refractivity contribution is 0.615. The average molecular weight is 196 g/mol. The van der Waals surface area contributed by atoms with Gasteiger partial charge in [-0.1, -0.05) is 29.8 Å². The van der Waals surface area contributed by atoms with Crippen molar-refractivity contribution in [1.82, 2.24) is 0 Å². The molecule has 0 amide bonds. The number of nitrogens with zero attached hydrogens (tertiary/aromatic N) is 1. The number of aryl methyl sites for hydroxylation is 1. The molecule has 0 saturated heterocycles. The first-order valence-electron chi connectivity index (χ1n) is 3.67. The van der Waals surface area contributed by atoms with Crippen molar-refractivity contribution in [3.05, 3.63) is 41.2 Å². The molecule has 66 valence electrons. The Balaban J connectivity index is 3.25. The van der Waals surface area contributed by atoms with Crippen molar-refractivity contribution in [2.75, 3.05) is 0 Å². The van der Waals surface area contributed by atoms with Gasteiger partial charge in [-0.3, -0.25) is 0 Å². The maximum atomic E-state index is 13.3. The molecule has 0 aliphatic carbocycles. The molecular formula is C10H7ClFN. The maximum absolute atomic E-state index is 13.3. The van der Waals surface area contributed by atoms with Crippen LogP contribution < -0.4 is 0 Å². The van der Waals surface area contributed by atoms with Gasteiger partial charge >= 0.3 is 0 Å². The van der Waals surface area contributed by atoms with Gasteiger partial charge in [0.05, 0.1) is 11.1 Å². The first-order valence-corrected chi connectivity index (χ1v) is 4.05. The van der Waals surface area contributed by atoms with Gasteiger partial charge in [0.15, 0.2) is 0 Å². The SMILES string of the molecule is Cc1cccc(/C(Cl)=C/C#N)c1F. The van der Waals surface area contributed by atoms with Gasteiger partial charge in [-0.25, -0.2) is 4.39 Å². The Morgan fingerprint density at radius 1 is 1.62 bits per heavy atom. The molecule has 0 radical (unpaired) electrons. The molecule has 1 nitrogen and oxygen atoms in total. The first kappa shape index (κ1) is 9.76. The second-order valence-corrected chi connectivity index (χ2v) is 2.97. The molecule has 1 rings (SSSR count). The number of rotatable bonds is 1. The molecule has 0 saturated carbocycles. The number of hydrogen-bond acceptors (Lipinski definition) is 1. The number of benzene rings is 1. The van der Waals surface area contributed by atoms with Gasteiger partial charge in [0, 0.05) is 11.6 Å².